The molecule has 0 bridgehead atoms. The molecule has 0 atom stereocenters. The van der Waals surface area contributed by atoms with Crippen LogP contribution in [0.25, 0.3) is 11.3 Å². The summed E-state index contributed by atoms with van der Waals surface area (Å²) >= 11 is 0. The third-order valence-corrected chi connectivity index (χ3v) is 3.96. The zero-order valence-electron chi connectivity index (χ0n) is 12.1. The standard InChI is InChI=1S/C16H18N2O4/c19-12-7-9-17(10-8-12)11-13-5-6-16(22-13)14-3-1-2-4-15(14)18(20)21/h1-6,12,19H,7-11H2. The van der Waals surface area contributed by atoms with Gasteiger partial charge in [0.25, 0.3) is 5.69 Å². The van der Waals surface area contributed by atoms with Crippen molar-refractivity contribution in [3.63, 3.8) is 0 Å². The van der Waals surface area contributed by atoms with Crippen molar-refractivity contribution < 1.29 is 14.4 Å². The summed E-state index contributed by atoms with van der Waals surface area (Å²) in [5, 5.41) is 20.6. The molecule has 1 saturated heterocycles. The average Bonchev–Trinajstić information content (AvgIpc) is 2.98. The summed E-state index contributed by atoms with van der Waals surface area (Å²) in [6.07, 6.45) is 1.35. The van der Waals surface area contributed by atoms with E-state index in [2.05, 4.69) is 4.90 Å². The number of nitrogens with zero attached hydrogens (tertiary/aromatic N) is 2. The fourth-order valence-electron chi connectivity index (χ4n) is 2.75. The highest BCUT2D eigenvalue weighted by Gasteiger charge is 2.20. The zero-order chi connectivity index (χ0) is 15.5. The van der Waals surface area contributed by atoms with E-state index in [-0.39, 0.29) is 11.8 Å². The summed E-state index contributed by atoms with van der Waals surface area (Å²) in [6.45, 7) is 2.33. The minimum Gasteiger partial charge on any atom is -0.459 e. The number of benzene rings is 1. The molecule has 1 aliphatic heterocycles. The molecule has 0 aliphatic carbocycles. The third-order valence-electron chi connectivity index (χ3n) is 3.96. The molecule has 1 aliphatic rings. The largest absolute Gasteiger partial charge is 0.459 e. The predicted octanol–water partition coefficient (Wildman–Crippen LogP) is 2.81. The Balaban J connectivity index is 1.75. The highest BCUT2D eigenvalue weighted by Crippen LogP contribution is 2.31. The van der Waals surface area contributed by atoms with Gasteiger partial charge in [0.15, 0.2) is 0 Å². The van der Waals surface area contributed by atoms with Gasteiger partial charge in [0.2, 0.25) is 0 Å². The van der Waals surface area contributed by atoms with Gasteiger partial charge in [-0.2, -0.15) is 0 Å². The van der Waals surface area contributed by atoms with E-state index in [1.165, 1.54) is 6.07 Å². The molecule has 6 heteroatoms. The quantitative estimate of drug-likeness (QED) is 0.694. The summed E-state index contributed by atoms with van der Waals surface area (Å²) in [5.41, 5.74) is 0.539. The molecule has 22 heavy (non-hydrogen) atoms. The van der Waals surface area contributed by atoms with E-state index >= 15 is 0 Å². The molecule has 2 aromatic rings. The average molecular weight is 302 g/mol. The molecule has 1 fully saturated rings. The summed E-state index contributed by atoms with van der Waals surface area (Å²) in [4.78, 5) is 12.9. The van der Waals surface area contributed by atoms with Crippen molar-refractivity contribution in [1.29, 1.82) is 0 Å². The summed E-state index contributed by atoms with van der Waals surface area (Å²) in [6, 6.07) is 10.2. The molecular formula is C16H18N2O4. The number of piperidine rings is 1. The Labute approximate surface area is 128 Å². The molecule has 1 aromatic carbocycles. The third kappa shape index (κ3) is 3.18. The van der Waals surface area contributed by atoms with E-state index in [9.17, 15) is 15.2 Å². The maximum absolute atomic E-state index is 11.1. The fraction of sp³-hybridized carbons (Fsp3) is 0.375. The van der Waals surface area contributed by atoms with Crippen LogP contribution in [0, 0.1) is 10.1 Å². The Morgan fingerprint density at radius 1 is 1.23 bits per heavy atom. The number of aliphatic hydroxyl groups excluding tert-OH is 1. The summed E-state index contributed by atoms with van der Waals surface area (Å²) in [5.74, 6) is 1.30. The normalized spacial score (nSPS) is 16.8. The van der Waals surface area contributed by atoms with Crippen LogP contribution >= 0.6 is 0 Å². The first kappa shape index (κ1) is 14.7. The molecule has 0 unspecified atom stereocenters. The van der Waals surface area contributed by atoms with E-state index in [0.717, 1.165) is 31.7 Å². The number of nitro benzene ring substituents is 1. The molecule has 2 heterocycles. The lowest BCUT2D eigenvalue weighted by Gasteiger charge is -2.28. The van der Waals surface area contributed by atoms with Crippen molar-refractivity contribution in [2.45, 2.75) is 25.5 Å². The molecule has 0 radical (unpaired) electrons. The number of furan rings is 1. The fourth-order valence-corrected chi connectivity index (χ4v) is 2.75. The van der Waals surface area contributed by atoms with E-state index < -0.39 is 4.92 Å². The number of hydrogen-bond donors (Lipinski definition) is 1. The molecule has 3 rings (SSSR count). The molecule has 0 spiro atoms. The first-order chi connectivity index (χ1) is 10.6. The number of aliphatic hydroxyl groups is 1. The second-order valence-corrected chi connectivity index (χ2v) is 5.55. The van der Waals surface area contributed by atoms with Gasteiger partial charge in [0, 0.05) is 19.2 Å². The van der Waals surface area contributed by atoms with Crippen LogP contribution < -0.4 is 0 Å². The van der Waals surface area contributed by atoms with Crippen LogP contribution in [0.15, 0.2) is 40.8 Å². The van der Waals surface area contributed by atoms with Crippen molar-refractivity contribution in [1.82, 2.24) is 4.90 Å². The van der Waals surface area contributed by atoms with Gasteiger partial charge in [-0.1, -0.05) is 12.1 Å². The highest BCUT2D eigenvalue weighted by molar-refractivity contribution is 5.69. The van der Waals surface area contributed by atoms with Gasteiger partial charge in [0.05, 0.1) is 23.1 Å². The van der Waals surface area contributed by atoms with E-state index in [1.54, 1.807) is 24.3 Å². The van der Waals surface area contributed by atoms with Crippen molar-refractivity contribution in [2.75, 3.05) is 13.1 Å². The van der Waals surface area contributed by atoms with E-state index in [1.807, 2.05) is 6.07 Å². The Morgan fingerprint density at radius 2 is 1.95 bits per heavy atom. The van der Waals surface area contributed by atoms with Crippen molar-refractivity contribution in [3.8, 4) is 11.3 Å². The van der Waals surface area contributed by atoms with Crippen LogP contribution in [0.1, 0.15) is 18.6 Å². The molecule has 0 amide bonds. The van der Waals surface area contributed by atoms with Crippen LogP contribution in [-0.4, -0.2) is 34.1 Å². The molecule has 1 N–H and O–H groups in total. The number of hydrogen-bond acceptors (Lipinski definition) is 5. The van der Waals surface area contributed by atoms with Gasteiger partial charge in [-0.15, -0.1) is 0 Å². The lowest BCUT2D eigenvalue weighted by molar-refractivity contribution is -0.384. The highest BCUT2D eigenvalue weighted by atomic mass is 16.6. The second-order valence-electron chi connectivity index (χ2n) is 5.55. The number of para-hydroxylation sites is 1. The Morgan fingerprint density at radius 3 is 2.68 bits per heavy atom. The van der Waals surface area contributed by atoms with Crippen LogP contribution in [0.4, 0.5) is 5.69 Å². The summed E-state index contributed by atoms with van der Waals surface area (Å²) < 4.78 is 5.78. The lowest BCUT2D eigenvalue weighted by atomic mass is 10.1. The molecule has 116 valence electrons. The van der Waals surface area contributed by atoms with Crippen LogP contribution in [0.3, 0.4) is 0 Å². The minimum atomic E-state index is -0.399. The topological polar surface area (TPSA) is 79.8 Å². The first-order valence-corrected chi connectivity index (χ1v) is 7.36. The number of likely N-dealkylation sites (tertiary alicyclic amines) is 1. The van der Waals surface area contributed by atoms with Crippen molar-refractivity contribution >= 4 is 5.69 Å². The minimum absolute atomic E-state index is 0.0458. The van der Waals surface area contributed by atoms with E-state index in [0.29, 0.717) is 17.9 Å². The molecule has 1 aromatic heterocycles. The Kier molecular flexibility index (Phi) is 4.22. The second kappa shape index (κ2) is 6.29. The van der Waals surface area contributed by atoms with Crippen molar-refractivity contribution in [2.24, 2.45) is 0 Å². The van der Waals surface area contributed by atoms with Gasteiger partial charge >= 0.3 is 0 Å². The van der Waals surface area contributed by atoms with Crippen LogP contribution in [0.2, 0.25) is 0 Å². The predicted molar refractivity (Wildman–Crippen MR) is 81.3 cm³/mol. The van der Waals surface area contributed by atoms with Gasteiger partial charge in [-0.25, -0.2) is 0 Å². The van der Waals surface area contributed by atoms with Gasteiger partial charge in [0.1, 0.15) is 11.5 Å². The molecular weight excluding hydrogens is 284 g/mol. The smallest absolute Gasteiger partial charge is 0.280 e. The van der Waals surface area contributed by atoms with Gasteiger partial charge < -0.3 is 9.52 Å². The Bertz CT molecular complexity index is 660. The monoisotopic (exact) mass is 302 g/mol. The Hall–Kier alpha value is -2.18. The number of nitro groups is 1. The van der Waals surface area contributed by atoms with Crippen molar-refractivity contribution in [3.05, 3.63) is 52.3 Å². The zero-order valence-corrected chi connectivity index (χ0v) is 12.1. The molecule has 0 saturated carbocycles. The van der Waals surface area contributed by atoms with Crippen LogP contribution in [-0.2, 0) is 6.54 Å². The molecule has 6 nitrogen and oxygen atoms in total. The van der Waals surface area contributed by atoms with Crippen LogP contribution in [0.5, 0.6) is 0 Å². The maximum Gasteiger partial charge on any atom is 0.280 e. The summed E-state index contributed by atoms with van der Waals surface area (Å²) in [7, 11) is 0. The SMILES string of the molecule is O=[N+]([O-])c1ccccc1-c1ccc(CN2CCC(O)CC2)o1. The van der Waals surface area contributed by atoms with Gasteiger partial charge in [-0.05, 0) is 31.0 Å². The lowest BCUT2D eigenvalue weighted by Crippen LogP contribution is -2.35. The first-order valence-electron chi connectivity index (χ1n) is 7.36. The maximum atomic E-state index is 11.1. The number of rotatable bonds is 4. The van der Waals surface area contributed by atoms with Gasteiger partial charge in [-0.3, -0.25) is 15.0 Å². The van der Waals surface area contributed by atoms with E-state index in [4.69, 9.17) is 4.42 Å².